The van der Waals surface area contributed by atoms with Gasteiger partial charge in [-0.15, -0.1) is 0 Å². The summed E-state index contributed by atoms with van der Waals surface area (Å²) in [6.07, 6.45) is 8.40. The predicted molar refractivity (Wildman–Crippen MR) is 92.5 cm³/mol. The van der Waals surface area contributed by atoms with Crippen molar-refractivity contribution < 1.29 is 4.79 Å². The maximum atomic E-state index is 12.6. The number of hydrogen-bond donors (Lipinski definition) is 1. The molecule has 5 nitrogen and oxygen atoms in total. The van der Waals surface area contributed by atoms with Crippen LogP contribution in [0.15, 0.2) is 29.0 Å². The minimum atomic E-state index is -0.0151. The molecule has 0 unspecified atom stereocenters. The lowest BCUT2D eigenvalue weighted by molar-refractivity contribution is 0.0911. The fourth-order valence-corrected chi connectivity index (χ4v) is 3.65. The highest BCUT2D eigenvalue weighted by Crippen LogP contribution is 2.30. The largest absolute Gasteiger partial charge is 0.349 e. The van der Waals surface area contributed by atoms with E-state index in [0.717, 1.165) is 41.8 Å². The lowest BCUT2D eigenvalue weighted by Gasteiger charge is -2.32. The van der Waals surface area contributed by atoms with E-state index in [1.165, 1.54) is 19.4 Å². The van der Waals surface area contributed by atoms with E-state index in [2.05, 4.69) is 31.2 Å². The molecular weight excluding hydrogens is 356 g/mol. The smallest absolute Gasteiger partial charge is 0.255 e. The van der Waals surface area contributed by atoms with Crippen molar-refractivity contribution in [3.8, 4) is 0 Å². The van der Waals surface area contributed by atoms with Crippen LogP contribution in [0.3, 0.4) is 0 Å². The first-order chi connectivity index (χ1) is 11.2. The quantitative estimate of drug-likeness (QED) is 0.892. The third-order valence-corrected chi connectivity index (χ3v) is 5.36. The highest BCUT2D eigenvalue weighted by molar-refractivity contribution is 9.10. The summed E-state index contributed by atoms with van der Waals surface area (Å²) < 4.78 is 2.69. The Morgan fingerprint density at radius 2 is 2.09 bits per heavy atom. The number of carbonyl (C=O) groups is 1. The molecule has 1 N–H and O–H groups in total. The number of amides is 1. The number of nitrogens with one attached hydrogen (secondary N) is 1. The number of nitrogens with zero attached hydrogens (tertiary/aromatic N) is 3. The van der Waals surface area contributed by atoms with Gasteiger partial charge in [-0.2, -0.15) is 5.10 Å². The van der Waals surface area contributed by atoms with Crippen molar-refractivity contribution in [1.82, 2.24) is 19.8 Å². The summed E-state index contributed by atoms with van der Waals surface area (Å²) in [6.45, 7) is 3.45. The zero-order valence-electron chi connectivity index (χ0n) is 13.0. The standard InChI is InChI=1S/C17H21BrN4O/c18-13-3-8-22-16(9-13)15(10-19-22)17(23)20-14-4-6-21(7-5-14)11-12-1-2-12/h3,8-10,12,14H,1-2,4-7,11H2,(H,20,23). The second-order valence-corrected chi connectivity index (χ2v) is 7.64. The topological polar surface area (TPSA) is 49.6 Å². The van der Waals surface area contributed by atoms with Gasteiger partial charge in [-0.25, -0.2) is 4.52 Å². The summed E-state index contributed by atoms with van der Waals surface area (Å²) in [5.74, 6) is 0.928. The molecule has 1 saturated heterocycles. The zero-order chi connectivity index (χ0) is 15.8. The van der Waals surface area contributed by atoms with Crippen LogP contribution in [-0.4, -0.2) is 46.1 Å². The van der Waals surface area contributed by atoms with E-state index >= 15 is 0 Å². The molecule has 1 aliphatic heterocycles. The predicted octanol–water partition coefficient (Wildman–Crippen LogP) is 2.70. The lowest BCUT2D eigenvalue weighted by atomic mass is 10.0. The van der Waals surface area contributed by atoms with Crippen LogP contribution >= 0.6 is 15.9 Å². The Bertz CT molecular complexity index is 716. The molecule has 0 atom stereocenters. The summed E-state index contributed by atoms with van der Waals surface area (Å²) in [5, 5.41) is 7.44. The van der Waals surface area contributed by atoms with Gasteiger partial charge in [0.2, 0.25) is 0 Å². The summed E-state index contributed by atoms with van der Waals surface area (Å²) in [7, 11) is 0. The Balaban J connectivity index is 1.38. The number of piperidine rings is 1. The van der Waals surface area contributed by atoms with Gasteiger partial charge in [0.15, 0.2) is 0 Å². The molecule has 2 fully saturated rings. The molecule has 122 valence electrons. The molecule has 0 aromatic carbocycles. The number of fused-ring (bicyclic) bond motifs is 1. The van der Waals surface area contributed by atoms with Crippen molar-refractivity contribution in [3.05, 3.63) is 34.6 Å². The van der Waals surface area contributed by atoms with Gasteiger partial charge >= 0.3 is 0 Å². The van der Waals surface area contributed by atoms with Crippen molar-refractivity contribution in [2.45, 2.75) is 31.7 Å². The SMILES string of the molecule is O=C(NC1CCN(CC2CC2)CC1)c1cnn2ccc(Br)cc12. The van der Waals surface area contributed by atoms with Crippen LogP contribution in [0.5, 0.6) is 0 Å². The van der Waals surface area contributed by atoms with Crippen LogP contribution in [0.2, 0.25) is 0 Å². The highest BCUT2D eigenvalue weighted by Gasteiger charge is 2.27. The van der Waals surface area contributed by atoms with Crippen LogP contribution in [0.4, 0.5) is 0 Å². The summed E-state index contributed by atoms with van der Waals surface area (Å²) >= 11 is 3.45. The molecule has 0 bridgehead atoms. The van der Waals surface area contributed by atoms with Gasteiger partial charge in [0.1, 0.15) is 0 Å². The minimum Gasteiger partial charge on any atom is -0.349 e. The second-order valence-electron chi connectivity index (χ2n) is 6.72. The number of carbonyl (C=O) groups excluding carboxylic acids is 1. The lowest BCUT2D eigenvalue weighted by Crippen LogP contribution is -2.45. The van der Waals surface area contributed by atoms with Crippen molar-refractivity contribution in [1.29, 1.82) is 0 Å². The molecule has 2 aromatic heterocycles. The molecular formula is C17H21BrN4O. The molecule has 4 rings (SSSR count). The van der Waals surface area contributed by atoms with Crippen LogP contribution in [0.1, 0.15) is 36.0 Å². The minimum absolute atomic E-state index is 0.0151. The van der Waals surface area contributed by atoms with Crippen LogP contribution < -0.4 is 5.32 Å². The van der Waals surface area contributed by atoms with E-state index in [1.54, 1.807) is 10.7 Å². The van der Waals surface area contributed by atoms with Gasteiger partial charge in [-0.1, -0.05) is 15.9 Å². The maximum Gasteiger partial charge on any atom is 0.255 e. The molecule has 1 aliphatic carbocycles. The summed E-state index contributed by atoms with van der Waals surface area (Å²) in [4.78, 5) is 15.1. The number of halogens is 1. The second kappa shape index (κ2) is 6.24. The molecule has 3 heterocycles. The van der Waals surface area contributed by atoms with Gasteiger partial charge in [0.05, 0.1) is 17.3 Å². The monoisotopic (exact) mass is 376 g/mol. The van der Waals surface area contributed by atoms with E-state index in [1.807, 2.05) is 18.3 Å². The van der Waals surface area contributed by atoms with Crippen LogP contribution in [-0.2, 0) is 0 Å². The van der Waals surface area contributed by atoms with Gasteiger partial charge in [0.25, 0.3) is 5.91 Å². The summed E-state index contributed by atoms with van der Waals surface area (Å²) in [5.41, 5.74) is 1.48. The Kier molecular flexibility index (Phi) is 4.11. The molecule has 0 spiro atoms. The Morgan fingerprint density at radius 1 is 1.30 bits per heavy atom. The highest BCUT2D eigenvalue weighted by atomic mass is 79.9. The molecule has 23 heavy (non-hydrogen) atoms. The van der Waals surface area contributed by atoms with Crippen molar-refractivity contribution in [2.24, 2.45) is 5.92 Å². The molecule has 2 aromatic rings. The molecule has 1 amide bonds. The zero-order valence-corrected chi connectivity index (χ0v) is 14.6. The van der Waals surface area contributed by atoms with Gasteiger partial charge in [-0.05, 0) is 43.7 Å². The van der Waals surface area contributed by atoms with Gasteiger partial charge < -0.3 is 10.2 Å². The average molecular weight is 377 g/mol. The number of aromatic nitrogens is 2. The third-order valence-electron chi connectivity index (χ3n) is 4.86. The third kappa shape index (κ3) is 3.43. The van der Waals surface area contributed by atoms with E-state index in [0.29, 0.717) is 5.56 Å². The van der Waals surface area contributed by atoms with E-state index in [9.17, 15) is 4.79 Å². The van der Waals surface area contributed by atoms with Gasteiger partial charge in [-0.3, -0.25) is 4.79 Å². The average Bonchev–Trinajstić information content (AvgIpc) is 3.26. The number of hydrogen-bond acceptors (Lipinski definition) is 3. The summed E-state index contributed by atoms with van der Waals surface area (Å²) in [6, 6.07) is 4.12. The molecule has 0 radical (unpaired) electrons. The maximum absolute atomic E-state index is 12.6. The number of rotatable bonds is 4. The molecule has 2 aliphatic rings. The van der Waals surface area contributed by atoms with E-state index in [4.69, 9.17) is 0 Å². The first-order valence-corrected chi connectivity index (χ1v) is 9.14. The van der Waals surface area contributed by atoms with Crippen molar-refractivity contribution in [3.63, 3.8) is 0 Å². The first kappa shape index (κ1) is 15.1. The van der Waals surface area contributed by atoms with Crippen LogP contribution in [0.25, 0.3) is 5.52 Å². The first-order valence-electron chi connectivity index (χ1n) is 8.35. The Labute approximate surface area is 144 Å². The Hall–Kier alpha value is -1.40. The Morgan fingerprint density at radius 3 is 2.83 bits per heavy atom. The van der Waals surface area contributed by atoms with E-state index in [-0.39, 0.29) is 11.9 Å². The van der Waals surface area contributed by atoms with Gasteiger partial charge in [0, 0.05) is 36.3 Å². The van der Waals surface area contributed by atoms with Crippen molar-refractivity contribution in [2.75, 3.05) is 19.6 Å². The normalized spacial score (nSPS) is 20.0. The van der Waals surface area contributed by atoms with E-state index < -0.39 is 0 Å². The molecule has 1 saturated carbocycles. The molecule has 6 heteroatoms. The van der Waals surface area contributed by atoms with Crippen molar-refractivity contribution >= 4 is 27.4 Å². The number of likely N-dealkylation sites (tertiary alicyclic amines) is 1. The fraction of sp³-hybridized carbons (Fsp3) is 0.529. The fourth-order valence-electron chi connectivity index (χ4n) is 3.32. The number of pyridine rings is 1. The van der Waals surface area contributed by atoms with Crippen LogP contribution in [0, 0.1) is 5.92 Å².